The average Bonchev–Trinajstić information content (AvgIpc) is 3.99. The highest BCUT2D eigenvalue weighted by Crippen LogP contribution is 2.38. The van der Waals surface area contributed by atoms with Gasteiger partial charge in [0.05, 0.1) is 49.4 Å². The number of para-hydroxylation sites is 2. The maximum absolute atomic E-state index is 14.2. The Kier molecular flexibility index (Phi) is 14.0. The quantitative estimate of drug-likeness (QED) is 0.128. The molecule has 4 amide bonds. The van der Waals surface area contributed by atoms with Crippen molar-refractivity contribution in [2.45, 2.75) is 19.4 Å². The van der Waals surface area contributed by atoms with Crippen LogP contribution in [0.4, 0.5) is 40.3 Å². The van der Waals surface area contributed by atoms with E-state index in [0.29, 0.717) is 39.9 Å². The number of nitrogens with one attached hydrogen (secondary N) is 2. The summed E-state index contributed by atoms with van der Waals surface area (Å²) in [6.45, 7) is 0.426. The third-order valence-electron chi connectivity index (χ3n) is 9.92. The molecule has 2 aromatic heterocycles. The lowest BCUT2D eigenvalue weighted by molar-refractivity contribution is -0.126. The van der Waals surface area contributed by atoms with Crippen LogP contribution in [0.15, 0.2) is 108 Å². The van der Waals surface area contributed by atoms with Crippen molar-refractivity contribution in [1.82, 2.24) is 20.6 Å². The number of nitrogens with zero attached hydrogens (tertiary/aromatic N) is 6. The van der Waals surface area contributed by atoms with Crippen molar-refractivity contribution < 1.29 is 40.9 Å². The molecule has 2 N–H and O–H groups in total. The first-order chi connectivity index (χ1) is 30.6. The Morgan fingerprint density at radius 1 is 0.688 bits per heavy atom. The summed E-state index contributed by atoms with van der Waals surface area (Å²) in [5.41, 5.74) is 7.45. The maximum Gasteiger partial charge on any atom is 0.249 e. The van der Waals surface area contributed by atoms with E-state index in [4.69, 9.17) is 0 Å². The minimum Gasteiger partial charge on any atom is -0.345 e. The molecule has 2 atom stereocenters. The van der Waals surface area contributed by atoms with Gasteiger partial charge in [-0.15, -0.1) is 22.7 Å². The maximum atomic E-state index is 14.2. The van der Waals surface area contributed by atoms with E-state index in [0.717, 1.165) is 33.1 Å². The number of carbonyl (C=O) groups is 4. The molecule has 1 aliphatic heterocycles. The fraction of sp³-hybridized carbons (Fsp3) is 0.182. The van der Waals surface area contributed by atoms with E-state index in [2.05, 4.69) is 20.6 Å². The Bertz CT molecular complexity index is 2840. The van der Waals surface area contributed by atoms with Gasteiger partial charge in [-0.25, -0.2) is 31.7 Å². The van der Waals surface area contributed by atoms with Crippen molar-refractivity contribution >= 4 is 101 Å². The smallest absolute Gasteiger partial charge is 0.249 e. The van der Waals surface area contributed by atoms with E-state index >= 15 is 0 Å². The zero-order chi connectivity index (χ0) is 45.7. The zero-order valence-electron chi connectivity index (χ0n) is 34.3. The first kappa shape index (κ1) is 45.3. The molecule has 1 aliphatic rings. The van der Waals surface area contributed by atoms with E-state index < -0.39 is 71.3 Å². The number of anilines is 4. The Labute approximate surface area is 374 Å². The molecule has 0 fully saturated rings. The van der Waals surface area contributed by atoms with Gasteiger partial charge in [0, 0.05) is 44.0 Å². The van der Waals surface area contributed by atoms with Gasteiger partial charge in [-0.2, -0.15) is 0 Å². The summed E-state index contributed by atoms with van der Waals surface area (Å²) in [6, 6.07) is 22.3. The number of benzene rings is 5. The molecule has 20 heteroatoms. The molecule has 330 valence electrons. The van der Waals surface area contributed by atoms with Crippen LogP contribution in [0.2, 0.25) is 0 Å². The summed E-state index contributed by atoms with van der Waals surface area (Å²) < 4.78 is 71.1. The number of hydrogen-bond donors (Lipinski definition) is 2. The van der Waals surface area contributed by atoms with Gasteiger partial charge in [0.2, 0.25) is 34.8 Å². The molecule has 0 spiro atoms. The van der Waals surface area contributed by atoms with Crippen LogP contribution in [-0.4, -0.2) is 77.6 Å². The largest absolute Gasteiger partial charge is 0.345 e. The third kappa shape index (κ3) is 10.7. The Hall–Kier alpha value is -6.77. The molecule has 0 radical (unpaired) electrons. The number of fused-ring (bicyclic) bond motifs is 3. The summed E-state index contributed by atoms with van der Waals surface area (Å²) in [5.74, 6) is -4.97. The number of thiazole rings is 2. The SMILES string of the molecule is CN(C(=O)CNC(=O)CN1c2ccccc2N(CC(=O)NC(Cc2cc(F)cc(F)c2)C(=O)N(C)c2ccc3scnc3c2)S1=O)c1ccc2scnc2c1.Cc1cc(F)cc(F)c1. The molecule has 0 saturated heterocycles. The molecule has 8 rings (SSSR count). The lowest BCUT2D eigenvalue weighted by Gasteiger charge is -2.26. The van der Waals surface area contributed by atoms with Gasteiger partial charge in [-0.3, -0.25) is 27.8 Å². The molecular formula is C44H38F4N8O5S3. The number of aromatic nitrogens is 2. The number of amides is 4. The molecule has 13 nitrogen and oxygen atoms in total. The highest BCUT2D eigenvalue weighted by atomic mass is 32.2. The van der Waals surface area contributed by atoms with Gasteiger partial charge in [-0.05, 0) is 90.8 Å². The topological polar surface area (TPSA) is 148 Å². The second kappa shape index (κ2) is 19.7. The summed E-state index contributed by atoms with van der Waals surface area (Å²) in [4.78, 5) is 65.0. The number of hydrogen-bond acceptors (Lipinski definition) is 9. The molecule has 0 bridgehead atoms. The number of aryl methyl sites for hydroxylation is 1. The summed E-state index contributed by atoms with van der Waals surface area (Å²) in [6.07, 6.45) is -0.248. The number of rotatable bonds is 12. The van der Waals surface area contributed by atoms with Crippen molar-refractivity contribution in [3.63, 3.8) is 0 Å². The molecule has 0 saturated carbocycles. The monoisotopic (exact) mass is 930 g/mol. The van der Waals surface area contributed by atoms with Crippen LogP contribution >= 0.6 is 22.7 Å². The molecule has 0 aliphatic carbocycles. The molecule has 3 heterocycles. The van der Waals surface area contributed by atoms with Crippen LogP contribution in [0.5, 0.6) is 0 Å². The fourth-order valence-corrected chi connectivity index (χ4v) is 9.43. The minimum atomic E-state index is -2.07. The lowest BCUT2D eigenvalue weighted by Crippen LogP contribution is -2.51. The van der Waals surface area contributed by atoms with E-state index in [1.165, 1.54) is 60.3 Å². The lowest BCUT2D eigenvalue weighted by atomic mass is 10.0. The van der Waals surface area contributed by atoms with E-state index in [9.17, 15) is 40.9 Å². The van der Waals surface area contributed by atoms with Crippen molar-refractivity contribution in [1.29, 1.82) is 0 Å². The number of carbonyl (C=O) groups excluding carboxylic acids is 4. The van der Waals surface area contributed by atoms with E-state index in [1.807, 2.05) is 12.1 Å². The molecule has 64 heavy (non-hydrogen) atoms. The van der Waals surface area contributed by atoms with Crippen LogP contribution in [0.3, 0.4) is 0 Å². The molecule has 7 aromatic rings. The molecule has 5 aromatic carbocycles. The van der Waals surface area contributed by atoms with Crippen LogP contribution in [0, 0.1) is 30.2 Å². The summed E-state index contributed by atoms with van der Waals surface area (Å²) in [5, 5.41) is 5.26. The van der Waals surface area contributed by atoms with Crippen LogP contribution in [0.1, 0.15) is 11.1 Å². The second-order valence-corrected chi connectivity index (χ2v) is 17.6. The van der Waals surface area contributed by atoms with Crippen molar-refractivity contribution in [3.8, 4) is 0 Å². The zero-order valence-corrected chi connectivity index (χ0v) is 36.7. The first-order valence-electron chi connectivity index (χ1n) is 19.3. The van der Waals surface area contributed by atoms with Gasteiger partial charge < -0.3 is 20.4 Å². The predicted octanol–water partition coefficient (Wildman–Crippen LogP) is 6.83. The first-order valence-corrected chi connectivity index (χ1v) is 22.2. The van der Waals surface area contributed by atoms with Gasteiger partial charge in [0.1, 0.15) is 42.4 Å². The van der Waals surface area contributed by atoms with Gasteiger partial charge in [0.15, 0.2) is 0 Å². The van der Waals surface area contributed by atoms with Crippen LogP contribution in [-0.2, 0) is 36.8 Å². The summed E-state index contributed by atoms with van der Waals surface area (Å²) in [7, 11) is 3.10. The molecular weight excluding hydrogens is 893 g/mol. The van der Waals surface area contributed by atoms with E-state index in [-0.39, 0.29) is 24.4 Å². The van der Waals surface area contributed by atoms with Gasteiger partial charge in [-0.1, -0.05) is 12.1 Å². The van der Waals surface area contributed by atoms with Crippen LogP contribution in [0.25, 0.3) is 20.4 Å². The highest BCUT2D eigenvalue weighted by Gasteiger charge is 2.37. The Morgan fingerprint density at radius 3 is 1.72 bits per heavy atom. The van der Waals surface area contributed by atoms with Crippen molar-refractivity contribution in [2.24, 2.45) is 0 Å². The average molecular weight is 931 g/mol. The summed E-state index contributed by atoms with van der Waals surface area (Å²) >= 11 is 0.848. The number of halogens is 4. The van der Waals surface area contributed by atoms with Crippen molar-refractivity contribution in [2.75, 3.05) is 52.1 Å². The van der Waals surface area contributed by atoms with Gasteiger partial charge >= 0.3 is 0 Å². The van der Waals surface area contributed by atoms with Gasteiger partial charge in [0.25, 0.3) is 0 Å². The Morgan fingerprint density at radius 2 is 1.19 bits per heavy atom. The number of likely N-dealkylation sites (N-methyl/N-ethyl adjacent to an activating group) is 2. The third-order valence-corrected chi connectivity index (χ3v) is 12.9. The standard InChI is InChI=1S/C37H32F2N8O5S3.C7H6F2/c1-44(25-7-9-32-27(15-25)41-20-53-32)36(50)17-40-34(48)18-46-30-5-3-4-6-31(30)47(55(46)52)19-35(49)43-29(13-22-11-23(38)14-24(39)12-22)37(51)45(2)26-8-10-33-28(16-26)42-21-54-33;1-5-2-6(8)4-7(9)3-5/h3-12,14-16,20-21,29H,13,17-19H2,1-2H3,(H,40,48)(H,43,49);2-4H,1H3. The minimum absolute atomic E-state index is 0.136. The van der Waals surface area contributed by atoms with Crippen molar-refractivity contribution in [3.05, 3.63) is 142 Å². The fourth-order valence-electron chi connectivity index (χ4n) is 6.77. The Balaban J connectivity index is 0.000000607. The second-order valence-electron chi connectivity index (χ2n) is 14.5. The highest BCUT2D eigenvalue weighted by molar-refractivity contribution is 7.88. The van der Waals surface area contributed by atoms with E-state index in [1.54, 1.807) is 73.5 Å². The molecule has 2 unspecified atom stereocenters. The predicted molar refractivity (Wildman–Crippen MR) is 241 cm³/mol. The normalized spacial score (nSPS) is 13.5. The van der Waals surface area contributed by atoms with Crippen LogP contribution < -0.4 is 29.0 Å².